The standard InChI is InChI=1S/C24H23ClF5N5O3S/c1-14(11-33-22(31-3)24(28,29)30)18-8-15(9-20(25)34-18)12-32-21(36)19-10-23(2,27)13-35(19)39(37,38)17-6-4-16(26)5-7-17/h4-9,11,19H,3,10,12-13H2,1-2H3,(H,32,36)/b14-11+,33-22-/t19-,23+/m0/s1. The first-order valence-corrected chi connectivity index (χ1v) is 13.0. The van der Waals surface area contributed by atoms with Crippen LogP contribution in [0.15, 0.2) is 57.5 Å². The molecular formula is C24H23ClF5N5O3S. The van der Waals surface area contributed by atoms with E-state index in [0.29, 0.717) is 5.56 Å². The van der Waals surface area contributed by atoms with Crippen LogP contribution < -0.4 is 5.32 Å². The van der Waals surface area contributed by atoms with E-state index in [2.05, 4.69) is 27.0 Å². The highest BCUT2D eigenvalue weighted by Crippen LogP contribution is 2.35. The van der Waals surface area contributed by atoms with Crippen LogP contribution >= 0.6 is 11.6 Å². The Balaban J connectivity index is 1.80. The van der Waals surface area contributed by atoms with Crippen molar-refractivity contribution in [1.82, 2.24) is 14.6 Å². The molecule has 2 atom stereocenters. The predicted molar refractivity (Wildman–Crippen MR) is 136 cm³/mol. The number of aliphatic imine (C=N–C) groups is 2. The molecule has 3 rings (SSSR count). The highest BCUT2D eigenvalue weighted by molar-refractivity contribution is 7.89. The summed E-state index contributed by atoms with van der Waals surface area (Å²) < 4.78 is 93.6. The molecule has 1 aliphatic heterocycles. The van der Waals surface area contributed by atoms with E-state index >= 15 is 0 Å². The minimum atomic E-state index is -4.80. The van der Waals surface area contributed by atoms with E-state index in [0.717, 1.165) is 34.8 Å². The summed E-state index contributed by atoms with van der Waals surface area (Å²) in [4.78, 5) is 22.9. The van der Waals surface area contributed by atoms with Gasteiger partial charge >= 0.3 is 6.18 Å². The van der Waals surface area contributed by atoms with Gasteiger partial charge in [0.2, 0.25) is 21.8 Å². The van der Waals surface area contributed by atoms with Crippen LogP contribution in [0.25, 0.3) is 5.57 Å². The first kappa shape index (κ1) is 30.3. The van der Waals surface area contributed by atoms with E-state index < -0.39 is 58.4 Å². The molecule has 2 aromatic rings. The minimum absolute atomic E-state index is 0.0379. The second-order valence-corrected chi connectivity index (χ2v) is 11.2. The molecule has 1 N–H and O–H groups in total. The number of hydrogen-bond donors (Lipinski definition) is 1. The monoisotopic (exact) mass is 591 g/mol. The van der Waals surface area contributed by atoms with E-state index in [-0.39, 0.29) is 27.9 Å². The van der Waals surface area contributed by atoms with Gasteiger partial charge in [-0.1, -0.05) is 11.6 Å². The van der Waals surface area contributed by atoms with Gasteiger partial charge in [0, 0.05) is 25.7 Å². The molecule has 0 radical (unpaired) electrons. The van der Waals surface area contributed by atoms with Crippen molar-refractivity contribution in [1.29, 1.82) is 0 Å². The number of carbonyl (C=O) groups excluding carboxylic acids is 1. The van der Waals surface area contributed by atoms with Gasteiger partial charge in [-0.15, -0.1) is 0 Å². The number of rotatable bonds is 7. The lowest BCUT2D eigenvalue weighted by atomic mass is 10.0. The Morgan fingerprint density at radius 1 is 1.31 bits per heavy atom. The normalized spacial score (nSPS) is 21.2. The molecule has 8 nitrogen and oxygen atoms in total. The summed E-state index contributed by atoms with van der Waals surface area (Å²) in [6, 6.07) is 5.36. The summed E-state index contributed by atoms with van der Waals surface area (Å²) in [7, 11) is -4.33. The number of allylic oxidation sites excluding steroid dienone is 1. The van der Waals surface area contributed by atoms with Crippen molar-refractivity contribution >= 4 is 45.7 Å². The zero-order valence-electron chi connectivity index (χ0n) is 20.6. The second-order valence-electron chi connectivity index (χ2n) is 8.96. The SMILES string of the molecule is C=N/C(=N\C=C(/C)c1cc(CNC(=O)[C@@H]2C[C@@](C)(F)CN2S(=O)(=O)c2ccc(F)cc2)cc(Cl)n1)C(F)(F)F. The van der Waals surface area contributed by atoms with Crippen LogP contribution in [0.4, 0.5) is 22.0 Å². The lowest BCUT2D eigenvalue weighted by Gasteiger charge is -2.23. The quantitative estimate of drug-likeness (QED) is 0.218. The van der Waals surface area contributed by atoms with Gasteiger partial charge in [0.25, 0.3) is 0 Å². The third-order valence-electron chi connectivity index (χ3n) is 5.68. The van der Waals surface area contributed by atoms with Crippen LogP contribution in [-0.2, 0) is 21.4 Å². The zero-order chi connectivity index (χ0) is 29.2. The maximum atomic E-state index is 14.9. The fourth-order valence-electron chi connectivity index (χ4n) is 3.81. The fraction of sp³-hybridized carbons (Fsp3) is 0.333. The predicted octanol–water partition coefficient (Wildman–Crippen LogP) is 4.70. The molecule has 15 heteroatoms. The molecule has 1 fully saturated rings. The molecule has 1 aromatic heterocycles. The van der Waals surface area contributed by atoms with Crippen molar-refractivity contribution in [2.24, 2.45) is 9.98 Å². The van der Waals surface area contributed by atoms with Crippen molar-refractivity contribution in [3.8, 4) is 0 Å². The molecular weight excluding hydrogens is 569 g/mol. The number of nitrogens with one attached hydrogen (secondary N) is 1. The summed E-state index contributed by atoms with van der Waals surface area (Å²) >= 11 is 6.04. The van der Waals surface area contributed by atoms with Gasteiger partial charge in [0.15, 0.2) is 0 Å². The van der Waals surface area contributed by atoms with Gasteiger partial charge in [0.05, 0.1) is 10.6 Å². The first-order valence-electron chi connectivity index (χ1n) is 11.2. The Kier molecular flexibility index (Phi) is 8.92. The number of carbonyl (C=O) groups is 1. The average molecular weight is 592 g/mol. The Bertz CT molecular complexity index is 1430. The molecule has 0 saturated carbocycles. The van der Waals surface area contributed by atoms with Crippen LogP contribution in [0.5, 0.6) is 0 Å². The maximum absolute atomic E-state index is 14.9. The number of amidine groups is 1. The third-order valence-corrected chi connectivity index (χ3v) is 7.75. The van der Waals surface area contributed by atoms with Crippen LogP contribution in [0.3, 0.4) is 0 Å². The van der Waals surface area contributed by atoms with Crippen molar-refractivity contribution in [2.75, 3.05) is 6.54 Å². The highest BCUT2D eigenvalue weighted by Gasteiger charge is 2.49. The molecule has 0 bridgehead atoms. The van der Waals surface area contributed by atoms with Gasteiger partial charge in [-0.05, 0) is 68.1 Å². The number of hydrogen-bond acceptors (Lipinski definition) is 5. The van der Waals surface area contributed by atoms with Gasteiger partial charge in [-0.3, -0.25) is 4.79 Å². The molecule has 0 aliphatic carbocycles. The van der Waals surface area contributed by atoms with E-state index in [1.807, 2.05) is 0 Å². The Labute approximate surface area is 226 Å². The largest absolute Gasteiger partial charge is 0.451 e. The van der Waals surface area contributed by atoms with Gasteiger partial charge < -0.3 is 5.32 Å². The van der Waals surface area contributed by atoms with E-state index in [4.69, 9.17) is 11.6 Å². The summed E-state index contributed by atoms with van der Waals surface area (Å²) in [6.07, 6.45) is -4.33. The molecule has 210 valence electrons. The highest BCUT2D eigenvalue weighted by atomic mass is 35.5. The molecule has 1 saturated heterocycles. The second kappa shape index (κ2) is 11.5. The molecule has 0 unspecified atom stereocenters. The molecule has 0 spiro atoms. The number of nitrogens with zero attached hydrogens (tertiary/aromatic N) is 4. The Morgan fingerprint density at radius 3 is 2.54 bits per heavy atom. The van der Waals surface area contributed by atoms with Crippen LogP contribution in [-0.4, -0.2) is 60.6 Å². The number of pyridine rings is 1. The molecule has 1 amide bonds. The smallest absolute Gasteiger partial charge is 0.351 e. The lowest BCUT2D eigenvalue weighted by Crippen LogP contribution is -2.45. The number of amides is 1. The average Bonchev–Trinajstić information content (AvgIpc) is 3.18. The Morgan fingerprint density at radius 2 is 1.95 bits per heavy atom. The summed E-state index contributed by atoms with van der Waals surface area (Å²) in [5.74, 6) is -2.90. The van der Waals surface area contributed by atoms with Crippen LogP contribution in [0.2, 0.25) is 5.15 Å². The summed E-state index contributed by atoms with van der Waals surface area (Å²) in [5.41, 5.74) is -1.28. The van der Waals surface area contributed by atoms with E-state index in [1.165, 1.54) is 26.0 Å². The van der Waals surface area contributed by atoms with Crippen LogP contribution in [0, 0.1) is 5.82 Å². The molecule has 2 heterocycles. The molecule has 1 aliphatic rings. The first-order chi connectivity index (χ1) is 18.0. The zero-order valence-corrected chi connectivity index (χ0v) is 22.2. The van der Waals surface area contributed by atoms with Crippen molar-refractivity contribution in [3.63, 3.8) is 0 Å². The van der Waals surface area contributed by atoms with Crippen molar-refractivity contribution < 1.29 is 35.2 Å². The van der Waals surface area contributed by atoms with E-state index in [9.17, 15) is 35.2 Å². The molecule has 1 aromatic carbocycles. The Hall–Kier alpha value is -3.23. The fourth-order valence-corrected chi connectivity index (χ4v) is 5.74. The van der Waals surface area contributed by atoms with Gasteiger partial charge in [0.1, 0.15) is 22.7 Å². The topological polar surface area (TPSA) is 104 Å². The molecule has 39 heavy (non-hydrogen) atoms. The van der Waals surface area contributed by atoms with Gasteiger partial charge in [-0.2, -0.15) is 17.5 Å². The van der Waals surface area contributed by atoms with Crippen molar-refractivity contribution in [2.45, 2.75) is 49.6 Å². The third kappa shape index (κ3) is 7.46. The summed E-state index contributed by atoms with van der Waals surface area (Å²) in [5, 5.41) is 2.50. The maximum Gasteiger partial charge on any atom is 0.451 e. The van der Waals surface area contributed by atoms with E-state index in [1.54, 1.807) is 0 Å². The number of benzene rings is 1. The van der Waals surface area contributed by atoms with Crippen molar-refractivity contribution in [3.05, 3.63) is 64.8 Å². The number of sulfonamides is 1. The van der Waals surface area contributed by atoms with Crippen LogP contribution in [0.1, 0.15) is 31.5 Å². The van der Waals surface area contributed by atoms with Gasteiger partial charge in [-0.25, -0.2) is 32.2 Å². The minimum Gasteiger partial charge on any atom is -0.351 e. The summed E-state index contributed by atoms with van der Waals surface area (Å²) in [6.45, 7) is 4.68. The lowest BCUT2D eigenvalue weighted by molar-refractivity contribution is -0.124. The number of halogens is 6. The number of aromatic nitrogens is 1. The number of alkyl halides is 4.